The van der Waals surface area contributed by atoms with Crippen LogP contribution in [0.5, 0.6) is 0 Å². The molecule has 0 saturated carbocycles. The topological polar surface area (TPSA) is 58.5 Å². The average molecular weight is 381 g/mol. The maximum Gasteiger partial charge on any atom is 0.277 e. The van der Waals surface area contributed by atoms with Crippen LogP contribution in [0.4, 0.5) is 0 Å². The quantitative estimate of drug-likeness (QED) is 0.649. The van der Waals surface area contributed by atoms with Crippen molar-refractivity contribution in [2.75, 3.05) is 0 Å². The SMILES string of the molecule is Cc1cc(C)c(S(=O)(=O)N/N=C/c2ccc(Br)cc2)c(C)c1. The first kappa shape index (κ1) is 16.7. The van der Waals surface area contributed by atoms with Crippen molar-refractivity contribution >= 4 is 32.2 Å². The lowest BCUT2D eigenvalue weighted by molar-refractivity contribution is 0.583. The number of hydrogen-bond donors (Lipinski definition) is 1. The minimum absolute atomic E-state index is 0.283. The van der Waals surface area contributed by atoms with Gasteiger partial charge in [-0.05, 0) is 49.6 Å². The highest BCUT2D eigenvalue weighted by Gasteiger charge is 2.18. The van der Waals surface area contributed by atoms with Crippen LogP contribution >= 0.6 is 15.9 Å². The predicted octanol–water partition coefficient (Wildman–Crippen LogP) is 3.69. The summed E-state index contributed by atoms with van der Waals surface area (Å²) in [6.07, 6.45) is 1.48. The monoisotopic (exact) mass is 380 g/mol. The van der Waals surface area contributed by atoms with Crippen molar-refractivity contribution in [1.82, 2.24) is 4.83 Å². The summed E-state index contributed by atoms with van der Waals surface area (Å²) in [7, 11) is -3.67. The largest absolute Gasteiger partial charge is 0.277 e. The smallest absolute Gasteiger partial charge is 0.200 e. The van der Waals surface area contributed by atoms with E-state index in [2.05, 4.69) is 25.9 Å². The highest BCUT2D eigenvalue weighted by Crippen LogP contribution is 2.21. The molecular weight excluding hydrogens is 364 g/mol. The molecule has 0 radical (unpaired) electrons. The van der Waals surface area contributed by atoms with Crippen molar-refractivity contribution in [3.05, 3.63) is 63.1 Å². The Balaban J connectivity index is 2.23. The summed E-state index contributed by atoms with van der Waals surface area (Å²) in [6.45, 7) is 5.51. The second-order valence-corrected chi connectivity index (χ2v) is 7.65. The second-order valence-electron chi connectivity index (χ2n) is 5.13. The Morgan fingerprint density at radius 1 is 1.05 bits per heavy atom. The van der Waals surface area contributed by atoms with Gasteiger partial charge in [-0.25, -0.2) is 4.83 Å². The van der Waals surface area contributed by atoms with Crippen LogP contribution in [0.15, 0.2) is 50.9 Å². The lowest BCUT2D eigenvalue weighted by atomic mass is 10.1. The molecule has 22 heavy (non-hydrogen) atoms. The number of nitrogens with one attached hydrogen (secondary N) is 1. The zero-order valence-electron chi connectivity index (χ0n) is 12.6. The van der Waals surface area contributed by atoms with Crippen LogP contribution in [0.25, 0.3) is 0 Å². The van der Waals surface area contributed by atoms with Gasteiger partial charge in [0.2, 0.25) is 0 Å². The minimum atomic E-state index is -3.67. The van der Waals surface area contributed by atoms with E-state index in [4.69, 9.17) is 0 Å². The van der Waals surface area contributed by atoms with Gasteiger partial charge in [-0.2, -0.15) is 13.5 Å². The van der Waals surface area contributed by atoms with Gasteiger partial charge in [0.05, 0.1) is 11.1 Å². The standard InChI is InChI=1S/C16H17BrN2O2S/c1-11-8-12(2)16(13(3)9-11)22(20,21)19-18-10-14-4-6-15(17)7-5-14/h4-10,19H,1-3H3/b18-10+. The summed E-state index contributed by atoms with van der Waals surface area (Å²) in [6, 6.07) is 11.1. The van der Waals surface area contributed by atoms with E-state index >= 15 is 0 Å². The molecule has 4 nitrogen and oxygen atoms in total. The Bertz CT molecular complexity index is 790. The third kappa shape index (κ3) is 3.96. The Morgan fingerprint density at radius 2 is 1.59 bits per heavy atom. The van der Waals surface area contributed by atoms with Gasteiger partial charge in [0, 0.05) is 4.47 Å². The first-order valence-corrected chi connectivity index (χ1v) is 8.95. The highest BCUT2D eigenvalue weighted by atomic mass is 79.9. The van der Waals surface area contributed by atoms with Crippen molar-refractivity contribution in [3.63, 3.8) is 0 Å². The van der Waals surface area contributed by atoms with Crippen molar-refractivity contribution in [2.24, 2.45) is 5.10 Å². The molecule has 0 aromatic heterocycles. The van der Waals surface area contributed by atoms with E-state index in [1.54, 1.807) is 13.8 Å². The molecule has 2 rings (SSSR count). The molecule has 116 valence electrons. The maximum absolute atomic E-state index is 12.4. The number of benzene rings is 2. The van der Waals surface area contributed by atoms with Crippen molar-refractivity contribution in [1.29, 1.82) is 0 Å². The fourth-order valence-electron chi connectivity index (χ4n) is 2.36. The minimum Gasteiger partial charge on any atom is -0.200 e. The van der Waals surface area contributed by atoms with E-state index in [1.807, 2.05) is 43.3 Å². The Hall–Kier alpha value is -1.66. The molecule has 2 aromatic carbocycles. The van der Waals surface area contributed by atoms with Gasteiger partial charge in [0.25, 0.3) is 10.0 Å². The van der Waals surface area contributed by atoms with Gasteiger partial charge in [0.15, 0.2) is 0 Å². The van der Waals surface area contributed by atoms with E-state index in [1.165, 1.54) is 6.21 Å². The van der Waals surface area contributed by atoms with E-state index < -0.39 is 10.0 Å². The molecule has 0 spiro atoms. The normalized spacial score (nSPS) is 11.8. The highest BCUT2D eigenvalue weighted by molar-refractivity contribution is 9.10. The lowest BCUT2D eigenvalue weighted by Gasteiger charge is -2.11. The van der Waals surface area contributed by atoms with Gasteiger partial charge in [0.1, 0.15) is 0 Å². The number of hydrogen-bond acceptors (Lipinski definition) is 3. The van der Waals surface area contributed by atoms with Gasteiger partial charge >= 0.3 is 0 Å². The molecule has 0 aliphatic carbocycles. The van der Waals surface area contributed by atoms with Crippen LogP contribution in [0, 0.1) is 20.8 Å². The molecule has 0 heterocycles. The van der Waals surface area contributed by atoms with Crippen LogP contribution in [0.3, 0.4) is 0 Å². The molecule has 0 bridgehead atoms. The van der Waals surface area contributed by atoms with Crippen LogP contribution in [0.1, 0.15) is 22.3 Å². The molecule has 0 atom stereocenters. The van der Waals surface area contributed by atoms with Crippen LogP contribution in [0.2, 0.25) is 0 Å². The van der Waals surface area contributed by atoms with Crippen molar-refractivity contribution in [3.8, 4) is 0 Å². The summed E-state index contributed by atoms with van der Waals surface area (Å²) in [5.41, 5.74) is 3.27. The van der Waals surface area contributed by atoms with Gasteiger partial charge in [-0.1, -0.05) is 45.8 Å². The summed E-state index contributed by atoms with van der Waals surface area (Å²) in [5, 5.41) is 3.85. The molecule has 0 amide bonds. The van der Waals surface area contributed by atoms with Crippen LogP contribution in [-0.2, 0) is 10.0 Å². The van der Waals surface area contributed by atoms with Gasteiger partial charge in [-0.15, -0.1) is 0 Å². The van der Waals surface area contributed by atoms with E-state index in [9.17, 15) is 8.42 Å². The average Bonchev–Trinajstić information content (AvgIpc) is 2.39. The summed E-state index contributed by atoms with van der Waals surface area (Å²) >= 11 is 3.34. The molecule has 0 aliphatic rings. The fraction of sp³-hybridized carbons (Fsp3) is 0.188. The number of sulfonamides is 1. The predicted molar refractivity (Wildman–Crippen MR) is 92.7 cm³/mol. The van der Waals surface area contributed by atoms with Gasteiger partial charge in [-0.3, -0.25) is 0 Å². The van der Waals surface area contributed by atoms with Crippen LogP contribution < -0.4 is 4.83 Å². The molecule has 0 aliphatic heterocycles. The summed E-state index contributed by atoms with van der Waals surface area (Å²) < 4.78 is 25.7. The van der Waals surface area contributed by atoms with E-state index in [-0.39, 0.29) is 4.90 Å². The molecular formula is C16H17BrN2O2S. The molecule has 0 fully saturated rings. The number of hydrazone groups is 1. The Morgan fingerprint density at radius 3 is 2.14 bits per heavy atom. The first-order valence-electron chi connectivity index (χ1n) is 6.68. The first-order chi connectivity index (χ1) is 10.3. The molecule has 1 N–H and O–H groups in total. The number of halogens is 1. The third-order valence-electron chi connectivity index (χ3n) is 3.13. The summed E-state index contributed by atoms with van der Waals surface area (Å²) in [4.78, 5) is 2.55. The number of nitrogens with zero attached hydrogens (tertiary/aromatic N) is 1. The van der Waals surface area contributed by atoms with E-state index in [0.717, 1.165) is 15.6 Å². The molecule has 0 unspecified atom stereocenters. The Kier molecular flexibility index (Phi) is 5.03. The van der Waals surface area contributed by atoms with Crippen LogP contribution in [-0.4, -0.2) is 14.6 Å². The molecule has 0 saturated heterocycles. The lowest BCUT2D eigenvalue weighted by Crippen LogP contribution is -2.20. The number of rotatable bonds is 4. The van der Waals surface area contributed by atoms with E-state index in [0.29, 0.717) is 11.1 Å². The summed E-state index contributed by atoms with van der Waals surface area (Å²) in [5.74, 6) is 0. The van der Waals surface area contributed by atoms with Crippen molar-refractivity contribution in [2.45, 2.75) is 25.7 Å². The molecule has 2 aromatic rings. The maximum atomic E-state index is 12.4. The second kappa shape index (κ2) is 6.62. The molecule has 6 heteroatoms. The zero-order chi connectivity index (χ0) is 16.3. The zero-order valence-corrected chi connectivity index (χ0v) is 15.0. The van der Waals surface area contributed by atoms with Crippen molar-refractivity contribution < 1.29 is 8.42 Å². The number of aryl methyl sites for hydroxylation is 3. The Labute approximate surface area is 139 Å². The third-order valence-corrected chi connectivity index (χ3v) is 5.19. The van der Waals surface area contributed by atoms with Gasteiger partial charge < -0.3 is 0 Å². The fourth-order valence-corrected chi connectivity index (χ4v) is 3.87.